The summed E-state index contributed by atoms with van der Waals surface area (Å²) in [7, 11) is 0. The minimum atomic E-state index is -0.158. The van der Waals surface area contributed by atoms with Gasteiger partial charge in [-0.3, -0.25) is 14.4 Å². The van der Waals surface area contributed by atoms with E-state index in [-0.39, 0.29) is 36.2 Å². The molecule has 0 atom stereocenters. The van der Waals surface area contributed by atoms with Crippen LogP contribution in [0.2, 0.25) is 5.02 Å². The van der Waals surface area contributed by atoms with E-state index in [1.807, 2.05) is 47.4 Å². The van der Waals surface area contributed by atoms with E-state index < -0.39 is 0 Å². The molecule has 1 heterocycles. The molecular weight excluding hydrogens is 550 g/mol. The van der Waals surface area contributed by atoms with Crippen LogP contribution in [0.15, 0.2) is 72.8 Å². The summed E-state index contributed by atoms with van der Waals surface area (Å²) in [6.07, 6.45) is 4.51. The Morgan fingerprint density at radius 3 is 2.38 bits per heavy atom. The highest BCUT2D eigenvalue weighted by atomic mass is 35.5. The lowest BCUT2D eigenvalue weighted by Gasteiger charge is -2.28. The van der Waals surface area contributed by atoms with Crippen LogP contribution in [-0.4, -0.2) is 60.9 Å². The number of nitrogens with two attached hydrogens (primary N) is 1. The Morgan fingerprint density at radius 1 is 0.833 bits per heavy atom. The van der Waals surface area contributed by atoms with Gasteiger partial charge < -0.3 is 26.2 Å². The summed E-state index contributed by atoms with van der Waals surface area (Å²) in [5.74, 6) is -0.366. The molecule has 1 aliphatic carbocycles. The van der Waals surface area contributed by atoms with E-state index in [1.54, 1.807) is 30.3 Å². The van der Waals surface area contributed by atoms with Crippen LogP contribution in [-0.2, 0) is 11.2 Å². The van der Waals surface area contributed by atoms with Gasteiger partial charge in [-0.05, 0) is 74.1 Å². The maximum absolute atomic E-state index is 13.2. The van der Waals surface area contributed by atoms with Crippen molar-refractivity contribution >= 4 is 40.7 Å². The zero-order valence-electron chi connectivity index (χ0n) is 23.7. The molecule has 3 aromatic rings. The Bertz CT molecular complexity index is 1410. The quantitative estimate of drug-likeness (QED) is 0.365. The molecular formula is C33H38ClN5O3. The normalized spacial score (nSPS) is 19.1. The number of nitrogens with zero attached hydrogens (tertiary/aromatic N) is 2. The van der Waals surface area contributed by atoms with Crippen LogP contribution in [0.5, 0.6) is 0 Å². The minimum Gasteiger partial charge on any atom is -0.368 e. The van der Waals surface area contributed by atoms with Gasteiger partial charge in [0.2, 0.25) is 5.91 Å². The smallest absolute Gasteiger partial charge is 0.253 e. The number of rotatable bonds is 7. The van der Waals surface area contributed by atoms with Crippen molar-refractivity contribution in [3.05, 3.63) is 94.5 Å². The largest absolute Gasteiger partial charge is 0.368 e. The van der Waals surface area contributed by atoms with Crippen molar-refractivity contribution in [3.63, 3.8) is 0 Å². The number of nitrogens with one attached hydrogen (secondary N) is 2. The second-order valence-corrected chi connectivity index (χ2v) is 11.6. The van der Waals surface area contributed by atoms with Crippen LogP contribution in [0.25, 0.3) is 0 Å². The summed E-state index contributed by atoms with van der Waals surface area (Å²) in [5, 5.41) is 6.76. The van der Waals surface area contributed by atoms with Crippen LogP contribution in [0.4, 0.5) is 11.4 Å². The van der Waals surface area contributed by atoms with Gasteiger partial charge in [0.1, 0.15) is 0 Å². The Hall–Kier alpha value is -3.88. The van der Waals surface area contributed by atoms with Gasteiger partial charge in [-0.1, -0.05) is 48.0 Å². The van der Waals surface area contributed by atoms with Gasteiger partial charge in [0.15, 0.2) is 0 Å². The fourth-order valence-electron chi connectivity index (χ4n) is 5.73. The monoisotopic (exact) mass is 587 g/mol. The lowest BCUT2D eigenvalue weighted by atomic mass is 9.91. The Balaban J connectivity index is 1.33. The maximum atomic E-state index is 13.2. The van der Waals surface area contributed by atoms with E-state index in [0.717, 1.165) is 43.4 Å². The number of benzene rings is 3. The van der Waals surface area contributed by atoms with Crippen molar-refractivity contribution in [2.24, 2.45) is 5.73 Å². The molecule has 0 aromatic heterocycles. The first-order valence-electron chi connectivity index (χ1n) is 14.7. The van der Waals surface area contributed by atoms with Gasteiger partial charge in [-0.25, -0.2) is 0 Å². The van der Waals surface area contributed by atoms with Crippen molar-refractivity contribution in [2.75, 3.05) is 36.4 Å². The van der Waals surface area contributed by atoms with Gasteiger partial charge >= 0.3 is 0 Å². The molecule has 0 radical (unpaired) electrons. The average Bonchev–Trinajstić information content (AvgIpc) is 3.25. The summed E-state index contributed by atoms with van der Waals surface area (Å²) in [5.41, 5.74) is 9.42. The van der Waals surface area contributed by atoms with Crippen molar-refractivity contribution < 1.29 is 14.4 Å². The molecule has 0 spiro atoms. The molecule has 1 saturated heterocycles. The van der Waals surface area contributed by atoms with Gasteiger partial charge in [-0.2, -0.15) is 0 Å². The average molecular weight is 588 g/mol. The second kappa shape index (κ2) is 13.9. The number of anilines is 2. The molecule has 42 heavy (non-hydrogen) atoms. The van der Waals surface area contributed by atoms with Gasteiger partial charge in [0.25, 0.3) is 11.8 Å². The standard InChI is InChI=1S/C33H38ClN5O3/c34-26-9-4-8-25(21-26)33(42)39-17-5-16-38(18-19-39)30-15-10-24(32(41)36-28-13-11-27(35)12-14-28)22-29(30)37-31(40)20-23-6-2-1-3-7-23/h1-4,6-10,15,21-22,27-28H,5,11-14,16-20,35H2,(H,36,41)(H,37,40). The number of halogens is 1. The third kappa shape index (κ3) is 7.69. The summed E-state index contributed by atoms with van der Waals surface area (Å²) in [6.45, 7) is 2.42. The van der Waals surface area contributed by atoms with E-state index >= 15 is 0 Å². The SMILES string of the molecule is NC1CCC(NC(=O)c2ccc(N3CCCN(C(=O)c4cccc(Cl)c4)CC3)c(NC(=O)Cc3ccccc3)c2)CC1. The van der Waals surface area contributed by atoms with Crippen LogP contribution in [0.3, 0.4) is 0 Å². The molecule has 220 valence electrons. The highest BCUT2D eigenvalue weighted by molar-refractivity contribution is 6.31. The molecule has 0 unspecified atom stereocenters. The molecule has 4 N–H and O–H groups in total. The molecule has 3 aromatic carbocycles. The van der Waals surface area contributed by atoms with E-state index in [4.69, 9.17) is 17.3 Å². The summed E-state index contributed by atoms with van der Waals surface area (Å²) < 4.78 is 0. The van der Waals surface area contributed by atoms with Crippen molar-refractivity contribution in [2.45, 2.75) is 50.6 Å². The number of hydrogen-bond acceptors (Lipinski definition) is 5. The lowest BCUT2D eigenvalue weighted by Crippen LogP contribution is -2.40. The second-order valence-electron chi connectivity index (χ2n) is 11.2. The van der Waals surface area contributed by atoms with E-state index in [9.17, 15) is 14.4 Å². The minimum absolute atomic E-state index is 0.0496. The van der Waals surface area contributed by atoms with Gasteiger partial charge in [0.05, 0.1) is 17.8 Å². The summed E-state index contributed by atoms with van der Waals surface area (Å²) in [6, 6.07) is 22.4. The highest BCUT2D eigenvalue weighted by Crippen LogP contribution is 2.29. The van der Waals surface area contributed by atoms with Crippen molar-refractivity contribution in [1.82, 2.24) is 10.2 Å². The third-order valence-electron chi connectivity index (χ3n) is 8.04. The first-order valence-corrected chi connectivity index (χ1v) is 15.1. The molecule has 5 rings (SSSR count). The molecule has 1 aliphatic heterocycles. The highest BCUT2D eigenvalue weighted by Gasteiger charge is 2.24. The van der Waals surface area contributed by atoms with Crippen LogP contribution < -0.4 is 21.3 Å². The molecule has 3 amide bonds. The number of carbonyl (C=O) groups excluding carboxylic acids is 3. The van der Waals surface area contributed by atoms with Gasteiger partial charge in [0, 0.05) is 54.4 Å². The third-order valence-corrected chi connectivity index (χ3v) is 8.28. The lowest BCUT2D eigenvalue weighted by molar-refractivity contribution is -0.115. The summed E-state index contributed by atoms with van der Waals surface area (Å²) >= 11 is 6.12. The maximum Gasteiger partial charge on any atom is 0.253 e. The number of hydrogen-bond donors (Lipinski definition) is 3. The van der Waals surface area contributed by atoms with Crippen LogP contribution in [0, 0.1) is 0 Å². The molecule has 9 heteroatoms. The Kier molecular flexibility index (Phi) is 9.77. The van der Waals surface area contributed by atoms with E-state index in [1.165, 1.54) is 0 Å². The Labute approximate surface area is 252 Å². The molecule has 1 saturated carbocycles. The van der Waals surface area contributed by atoms with Crippen LogP contribution in [0.1, 0.15) is 58.4 Å². The first kappa shape index (κ1) is 29.6. The molecule has 2 aliphatic rings. The van der Waals surface area contributed by atoms with Gasteiger partial charge in [-0.15, -0.1) is 0 Å². The van der Waals surface area contributed by atoms with Crippen molar-refractivity contribution in [1.29, 1.82) is 0 Å². The summed E-state index contributed by atoms with van der Waals surface area (Å²) in [4.78, 5) is 43.5. The van der Waals surface area contributed by atoms with E-state index in [0.29, 0.717) is 48.0 Å². The topological polar surface area (TPSA) is 108 Å². The Morgan fingerprint density at radius 2 is 1.62 bits per heavy atom. The number of amides is 3. The molecule has 2 fully saturated rings. The zero-order chi connectivity index (χ0) is 29.5. The van der Waals surface area contributed by atoms with E-state index in [2.05, 4.69) is 15.5 Å². The predicted molar refractivity (Wildman–Crippen MR) is 167 cm³/mol. The predicted octanol–water partition coefficient (Wildman–Crippen LogP) is 4.87. The number of carbonyl (C=O) groups is 3. The van der Waals surface area contributed by atoms with Crippen molar-refractivity contribution in [3.8, 4) is 0 Å². The molecule has 0 bridgehead atoms. The molecule has 8 nitrogen and oxygen atoms in total. The zero-order valence-corrected chi connectivity index (χ0v) is 24.5. The first-order chi connectivity index (χ1) is 20.4. The fraction of sp³-hybridized carbons (Fsp3) is 0.364. The van der Waals surface area contributed by atoms with Crippen LogP contribution >= 0.6 is 11.6 Å². The fourth-order valence-corrected chi connectivity index (χ4v) is 5.92.